The summed E-state index contributed by atoms with van der Waals surface area (Å²) in [5.41, 5.74) is 2.19. The highest BCUT2D eigenvalue weighted by Gasteiger charge is 2.15. The molecule has 0 atom stereocenters. The van der Waals surface area contributed by atoms with Gasteiger partial charge in [0.1, 0.15) is 5.52 Å². The van der Waals surface area contributed by atoms with Crippen LogP contribution in [-0.2, 0) is 0 Å². The lowest BCUT2D eigenvalue weighted by molar-refractivity contribution is 0.0921. The minimum absolute atomic E-state index is 0.143. The van der Waals surface area contributed by atoms with Crippen molar-refractivity contribution in [2.75, 3.05) is 32.7 Å². The molecule has 0 amide bonds. The number of ketones is 1. The van der Waals surface area contributed by atoms with Gasteiger partial charge >= 0.3 is 0 Å². The fourth-order valence-electron chi connectivity index (χ4n) is 2.38. The molecule has 19 heavy (non-hydrogen) atoms. The van der Waals surface area contributed by atoms with E-state index in [0.717, 1.165) is 37.3 Å². The Balaban J connectivity index is 1.76. The van der Waals surface area contributed by atoms with E-state index in [1.165, 1.54) is 0 Å². The van der Waals surface area contributed by atoms with Gasteiger partial charge in [-0.05, 0) is 18.2 Å². The third-order valence-corrected chi connectivity index (χ3v) is 3.39. The minimum atomic E-state index is 0.143. The van der Waals surface area contributed by atoms with Crippen LogP contribution < -0.4 is 5.32 Å². The van der Waals surface area contributed by atoms with Gasteiger partial charge in [-0.15, -0.1) is 0 Å². The van der Waals surface area contributed by atoms with Crippen LogP contribution in [0.4, 0.5) is 0 Å². The van der Waals surface area contributed by atoms with Crippen molar-refractivity contribution in [1.29, 1.82) is 0 Å². The van der Waals surface area contributed by atoms with E-state index in [1.807, 2.05) is 25.1 Å². The molecule has 0 spiro atoms. The number of hydrogen-bond acceptors (Lipinski definition) is 5. The van der Waals surface area contributed by atoms with Gasteiger partial charge in [-0.2, -0.15) is 0 Å². The molecule has 1 aromatic carbocycles. The van der Waals surface area contributed by atoms with Crippen LogP contribution in [0.1, 0.15) is 16.2 Å². The van der Waals surface area contributed by atoms with Crippen molar-refractivity contribution in [2.24, 2.45) is 0 Å². The normalized spacial score (nSPS) is 16.9. The second-order valence-electron chi connectivity index (χ2n) is 4.86. The number of hydrogen-bond donors (Lipinski definition) is 1. The second-order valence-corrected chi connectivity index (χ2v) is 4.86. The summed E-state index contributed by atoms with van der Waals surface area (Å²) in [4.78, 5) is 18.7. The van der Waals surface area contributed by atoms with Gasteiger partial charge in [0, 0.05) is 38.7 Å². The lowest BCUT2D eigenvalue weighted by Crippen LogP contribution is -2.45. The molecular formula is C14H17N3O2. The Morgan fingerprint density at radius 3 is 3.00 bits per heavy atom. The zero-order valence-electron chi connectivity index (χ0n) is 11.0. The van der Waals surface area contributed by atoms with E-state index in [1.54, 1.807) is 0 Å². The predicted molar refractivity (Wildman–Crippen MR) is 72.4 cm³/mol. The largest absolute Gasteiger partial charge is 0.441 e. The van der Waals surface area contributed by atoms with Crippen molar-refractivity contribution in [3.8, 4) is 0 Å². The van der Waals surface area contributed by atoms with Gasteiger partial charge in [0.2, 0.25) is 0 Å². The fourth-order valence-corrected chi connectivity index (χ4v) is 2.38. The Morgan fingerprint density at radius 1 is 1.42 bits per heavy atom. The standard InChI is InChI=1S/C14H17N3O2/c1-10-16-12-8-11(2-3-14(12)19-10)13(18)9-17-6-4-15-5-7-17/h2-3,8,15H,4-7,9H2,1H3. The molecule has 1 aliphatic rings. The van der Waals surface area contributed by atoms with Crippen LogP contribution in [0.2, 0.25) is 0 Å². The van der Waals surface area contributed by atoms with Gasteiger partial charge in [0.05, 0.1) is 6.54 Å². The number of Topliss-reactive ketones (excluding diaryl/α,β-unsaturated/α-hetero) is 1. The van der Waals surface area contributed by atoms with E-state index in [-0.39, 0.29) is 5.78 Å². The SMILES string of the molecule is Cc1nc2cc(C(=O)CN3CCNCC3)ccc2o1. The number of fused-ring (bicyclic) bond motifs is 1. The number of aryl methyl sites for hydroxylation is 1. The quantitative estimate of drug-likeness (QED) is 0.840. The maximum Gasteiger partial charge on any atom is 0.192 e. The van der Waals surface area contributed by atoms with Crippen molar-refractivity contribution in [2.45, 2.75) is 6.92 Å². The number of aromatic nitrogens is 1. The highest BCUT2D eigenvalue weighted by Crippen LogP contribution is 2.17. The topological polar surface area (TPSA) is 58.4 Å². The number of piperazine rings is 1. The molecule has 1 saturated heterocycles. The van der Waals surface area contributed by atoms with Crippen LogP contribution in [0.25, 0.3) is 11.1 Å². The molecule has 2 aromatic rings. The van der Waals surface area contributed by atoms with Crippen molar-refractivity contribution < 1.29 is 9.21 Å². The Bertz CT molecular complexity index is 600. The van der Waals surface area contributed by atoms with Crippen LogP contribution in [0, 0.1) is 6.92 Å². The third-order valence-electron chi connectivity index (χ3n) is 3.39. The summed E-state index contributed by atoms with van der Waals surface area (Å²) in [6.07, 6.45) is 0. The van der Waals surface area contributed by atoms with Crippen molar-refractivity contribution >= 4 is 16.9 Å². The first-order chi connectivity index (χ1) is 9.22. The smallest absolute Gasteiger partial charge is 0.192 e. The summed E-state index contributed by atoms with van der Waals surface area (Å²) < 4.78 is 5.41. The lowest BCUT2D eigenvalue weighted by Gasteiger charge is -2.26. The van der Waals surface area contributed by atoms with Crippen LogP contribution in [0.15, 0.2) is 22.6 Å². The van der Waals surface area contributed by atoms with Gasteiger partial charge in [0.25, 0.3) is 0 Å². The lowest BCUT2D eigenvalue weighted by atomic mass is 10.1. The van der Waals surface area contributed by atoms with Crippen LogP contribution in [-0.4, -0.2) is 48.4 Å². The Hall–Kier alpha value is -1.72. The number of carbonyl (C=O) groups excluding carboxylic acids is 1. The van der Waals surface area contributed by atoms with E-state index in [9.17, 15) is 4.79 Å². The number of rotatable bonds is 3. The Morgan fingerprint density at radius 2 is 2.21 bits per heavy atom. The number of nitrogens with zero attached hydrogens (tertiary/aromatic N) is 2. The molecule has 100 valence electrons. The second kappa shape index (κ2) is 5.11. The third kappa shape index (κ3) is 2.67. The van der Waals surface area contributed by atoms with E-state index in [2.05, 4.69) is 15.2 Å². The maximum atomic E-state index is 12.2. The summed E-state index contributed by atoms with van der Waals surface area (Å²) in [6, 6.07) is 5.45. The van der Waals surface area contributed by atoms with Crippen molar-refractivity contribution in [3.05, 3.63) is 29.7 Å². The molecule has 0 saturated carbocycles. The first-order valence-electron chi connectivity index (χ1n) is 6.56. The average molecular weight is 259 g/mol. The molecule has 0 unspecified atom stereocenters. The predicted octanol–water partition coefficient (Wildman–Crippen LogP) is 1.22. The van der Waals surface area contributed by atoms with Gasteiger partial charge in [-0.1, -0.05) is 0 Å². The summed E-state index contributed by atoms with van der Waals surface area (Å²) in [7, 11) is 0. The molecule has 5 heteroatoms. The Kier molecular flexibility index (Phi) is 3.31. The number of nitrogens with one attached hydrogen (secondary N) is 1. The number of carbonyl (C=O) groups is 1. The van der Waals surface area contributed by atoms with E-state index in [4.69, 9.17) is 4.42 Å². The first kappa shape index (κ1) is 12.3. The van der Waals surface area contributed by atoms with Crippen LogP contribution in [0.5, 0.6) is 0 Å². The van der Waals surface area contributed by atoms with Crippen molar-refractivity contribution in [1.82, 2.24) is 15.2 Å². The molecule has 1 aliphatic heterocycles. The summed E-state index contributed by atoms with van der Waals surface area (Å²) in [5.74, 6) is 0.770. The monoisotopic (exact) mass is 259 g/mol. The molecule has 0 aliphatic carbocycles. The zero-order valence-corrected chi connectivity index (χ0v) is 11.0. The van der Waals surface area contributed by atoms with Gasteiger partial charge < -0.3 is 9.73 Å². The molecule has 0 radical (unpaired) electrons. The molecular weight excluding hydrogens is 242 g/mol. The number of oxazole rings is 1. The number of benzene rings is 1. The minimum Gasteiger partial charge on any atom is -0.441 e. The first-order valence-corrected chi connectivity index (χ1v) is 6.56. The summed E-state index contributed by atoms with van der Waals surface area (Å²) in [5, 5.41) is 3.28. The van der Waals surface area contributed by atoms with Gasteiger partial charge in [0.15, 0.2) is 17.3 Å². The fraction of sp³-hybridized carbons (Fsp3) is 0.429. The highest BCUT2D eigenvalue weighted by molar-refractivity contribution is 6.00. The van der Waals surface area contributed by atoms with Gasteiger partial charge in [-0.25, -0.2) is 4.98 Å². The molecule has 0 bridgehead atoms. The van der Waals surface area contributed by atoms with Crippen molar-refractivity contribution in [3.63, 3.8) is 0 Å². The summed E-state index contributed by atoms with van der Waals surface area (Å²) in [6.45, 7) is 6.05. The van der Waals surface area contributed by atoms with E-state index in [0.29, 0.717) is 18.0 Å². The molecule has 2 heterocycles. The zero-order chi connectivity index (χ0) is 13.2. The Labute approximate surface area is 111 Å². The van der Waals surface area contributed by atoms with Gasteiger partial charge in [-0.3, -0.25) is 9.69 Å². The molecule has 1 aromatic heterocycles. The highest BCUT2D eigenvalue weighted by atomic mass is 16.3. The van der Waals surface area contributed by atoms with E-state index >= 15 is 0 Å². The molecule has 3 rings (SSSR count). The van der Waals surface area contributed by atoms with Crippen LogP contribution in [0.3, 0.4) is 0 Å². The maximum absolute atomic E-state index is 12.2. The average Bonchev–Trinajstić information content (AvgIpc) is 2.78. The van der Waals surface area contributed by atoms with Crippen LogP contribution >= 0.6 is 0 Å². The molecule has 1 N–H and O–H groups in total. The molecule has 1 fully saturated rings. The summed E-state index contributed by atoms with van der Waals surface area (Å²) >= 11 is 0. The van der Waals surface area contributed by atoms with E-state index < -0.39 is 0 Å². The molecule has 5 nitrogen and oxygen atoms in total.